The van der Waals surface area contributed by atoms with E-state index in [-0.39, 0.29) is 0 Å². The molecule has 0 fully saturated rings. The first-order valence-electron chi connectivity index (χ1n) is 2.42. The summed E-state index contributed by atoms with van der Waals surface area (Å²) in [5.41, 5.74) is 0. The van der Waals surface area contributed by atoms with E-state index < -0.39 is 0 Å². The Balaban J connectivity index is 3.14. The molecule has 0 aliphatic rings. The third kappa shape index (κ3) is 3.88. The van der Waals surface area contributed by atoms with Crippen molar-refractivity contribution in [2.24, 2.45) is 5.92 Å². The summed E-state index contributed by atoms with van der Waals surface area (Å²) < 4.78 is 5.61. The Morgan fingerprint density at radius 3 is 1.86 bits per heavy atom. The zero-order valence-corrected chi connectivity index (χ0v) is 8.20. The number of hydrogen-bond donors (Lipinski definition) is 0. The molecule has 0 aromatic carbocycles. The normalized spacial score (nSPS) is 14.7. The predicted molar refractivity (Wildman–Crippen MR) is 25.6 cm³/mol. The average Bonchev–Trinajstić information content (AvgIpc) is 1.65. The molecule has 0 aromatic rings. The Kier molecular flexibility index (Phi) is 5.05. The van der Waals surface area contributed by atoms with Crippen LogP contribution in [0, 0.1) is 45.6 Å². The Morgan fingerprint density at radius 2 is 1.86 bits per heavy atom. The van der Waals surface area contributed by atoms with Crippen LogP contribution in [-0.4, -0.2) is 8.73 Å². The maximum atomic E-state index is 5.07. The maximum absolute atomic E-state index is 5.07. The summed E-state index contributed by atoms with van der Waals surface area (Å²) in [4.78, 5) is 0. The minimum atomic E-state index is 0.542. The van der Waals surface area contributed by atoms with E-state index in [1.54, 1.807) is 7.11 Å². The van der Waals surface area contributed by atoms with E-state index in [4.69, 9.17) is 4.74 Å². The van der Waals surface area contributed by atoms with Crippen LogP contribution < -0.4 is 0 Å². The van der Waals surface area contributed by atoms with Crippen LogP contribution in [0.15, 0.2) is 0 Å². The van der Waals surface area contributed by atoms with Crippen LogP contribution in [0.5, 0.6) is 0 Å². The molecule has 0 aliphatic heterocycles. The molecule has 0 amide bonds. The van der Waals surface area contributed by atoms with Crippen molar-refractivity contribution < 1.29 is 44.4 Å². The van der Waals surface area contributed by atoms with Gasteiger partial charge in [0.1, 0.15) is 0 Å². The molecule has 1 atom stereocenters. The van der Waals surface area contributed by atoms with Gasteiger partial charge in [-0.1, -0.05) is 0 Å². The van der Waals surface area contributed by atoms with Gasteiger partial charge in [0.15, 0.2) is 0 Å². The minimum absolute atomic E-state index is 0.542. The fourth-order valence-corrected chi connectivity index (χ4v) is 0.272. The van der Waals surface area contributed by atoms with Crippen LogP contribution in [0.25, 0.3) is 0 Å². The van der Waals surface area contributed by atoms with Crippen molar-refractivity contribution in [2.45, 2.75) is 15.5 Å². The Labute approximate surface area is 72.1 Å². The molecule has 0 aliphatic carbocycles. The van der Waals surface area contributed by atoms with Crippen LogP contribution in [0.3, 0.4) is 0 Å². The van der Waals surface area contributed by atoms with E-state index in [0.717, 1.165) is 39.6 Å². The molecule has 0 saturated carbocycles. The van der Waals surface area contributed by atoms with E-state index in [9.17, 15) is 0 Å². The third-order valence-corrected chi connectivity index (χ3v) is 3.69. The van der Waals surface area contributed by atoms with Gasteiger partial charge in [-0.2, -0.15) is 0 Å². The topological polar surface area (TPSA) is 9.23 Å². The van der Waals surface area contributed by atoms with Crippen molar-refractivity contribution in [3.63, 3.8) is 0 Å². The van der Waals surface area contributed by atoms with E-state index in [2.05, 4.69) is 13.8 Å². The molecular formula is C5H11CeO. The van der Waals surface area contributed by atoms with Crippen molar-refractivity contribution in [1.82, 2.24) is 0 Å². The van der Waals surface area contributed by atoms with Gasteiger partial charge in [-0.25, -0.2) is 0 Å². The van der Waals surface area contributed by atoms with Gasteiger partial charge < -0.3 is 0 Å². The Hall–Kier alpha value is 1.34. The number of rotatable bonds is 2. The molecule has 0 aromatic heterocycles. The fraction of sp³-hybridized carbons (Fsp3) is 1.00. The molecule has 7 heavy (non-hydrogen) atoms. The predicted octanol–water partition coefficient (Wildman–Crippen LogP) is 1.16. The van der Waals surface area contributed by atoms with Crippen LogP contribution in [-0.2, 0) is 4.74 Å². The molecule has 41 valence electrons. The van der Waals surface area contributed by atoms with Crippen molar-refractivity contribution >= 4 is 0 Å². The molecule has 0 spiro atoms. The molecular weight excluding hydrogens is 216 g/mol. The number of methoxy groups -OCH3 is 1. The monoisotopic (exact) mass is 227 g/mol. The molecule has 0 heterocycles. The second kappa shape index (κ2) is 4.24. The summed E-state index contributed by atoms with van der Waals surface area (Å²) in [6, 6.07) is 0. The van der Waals surface area contributed by atoms with Gasteiger partial charge in [-0.05, 0) is 0 Å². The first-order valence-corrected chi connectivity index (χ1v) is 4.23. The van der Waals surface area contributed by atoms with Crippen molar-refractivity contribution in [1.29, 1.82) is 0 Å². The van der Waals surface area contributed by atoms with Crippen LogP contribution in [0.1, 0.15) is 13.8 Å². The Morgan fingerprint density at radius 1 is 1.43 bits per heavy atom. The third-order valence-electron chi connectivity index (χ3n) is 0.859. The van der Waals surface area contributed by atoms with Gasteiger partial charge in [0.25, 0.3) is 0 Å². The summed E-state index contributed by atoms with van der Waals surface area (Å²) in [6.07, 6.45) is 0. The van der Waals surface area contributed by atoms with Crippen LogP contribution in [0.4, 0.5) is 0 Å². The summed E-state index contributed by atoms with van der Waals surface area (Å²) in [6.45, 7) is 4.36. The van der Waals surface area contributed by atoms with Gasteiger partial charge in [-0.15, -0.1) is 0 Å². The zero-order chi connectivity index (χ0) is 5.86. The van der Waals surface area contributed by atoms with E-state index in [1.807, 2.05) is 0 Å². The average molecular weight is 227 g/mol. The first kappa shape index (κ1) is 8.34. The number of hydrogen-bond acceptors (Lipinski definition) is 1. The standard InChI is InChI=1S/C5H11O.Ce/c1-5(2)4-6-3;/h4-5H,1-3H3;. The van der Waals surface area contributed by atoms with Gasteiger partial charge >= 0.3 is 72.9 Å². The molecule has 1 unspecified atom stereocenters. The summed E-state index contributed by atoms with van der Waals surface area (Å²) >= 11 is 1.15. The fourth-order valence-electron chi connectivity index (χ4n) is 0.272. The van der Waals surface area contributed by atoms with Crippen LogP contribution in [0.2, 0.25) is 0 Å². The molecule has 0 radical (unpaired) electrons. The summed E-state index contributed by atoms with van der Waals surface area (Å²) in [5, 5.41) is 0. The van der Waals surface area contributed by atoms with Crippen molar-refractivity contribution in [2.75, 3.05) is 7.11 Å². The summed E-state index contributed by atoms with van der Waals surface area (Å²) in [5.74, 6) is 0.705. The molecule has 0 rings (SSSR count). The van der Waals surface area contributed by atoms with Crippen molar-refractivity contribution in [3.05, 3.63) is 0 Å². The van der Waals surface area contributed by atoms with Gasteiger partial charge in [0, 0.05) is 0 Å². The second-order valence-corrected chi connectivity index (χ2v) is 3.69. The van der Waals surface area contributed by atoms with Gasteiger partial charge in [0.2, 0.25) is 0 Å². The Bertz CT molecular complexity index is 45.3. The SMILES string of the molecule is CO[CH]([Ce])C(C)C. The zero-order valence-electron chi connectivity index (χ0n) is 5.06. The molecule has 0 N–H and O–H groups in total. The summed E-state index contributed by atoms with van der Waals surface area (Å²) in [7, 11) is 1.78. The van der Waals surface area contributed by atoms with Gasteiger partial charge in [-0.3, -0.25) is 0 Å². The molecule has 0 saturated heterocycles. The van der Waals surface area contributed by atoms with E-state index in [1.165, 1.54) is 0 Å². The van der Waals surface area contributed by atoms with Gasteiger partial charge in [0.05, 0.1) is 0 Å². The quantitative estimate of drug-likeness (QED) is 0.688. The second-order valence-electron chi connectivity index (χ2n) is 1.90. The molecule has 0 bridgehead atoms. The first-order chi connectivity index (χ1) is 3.18. The van der Waals surface area contributed by atoms with Crippen molar-refractivity contribution in [3.8, 4) is 0 Å². The molecule has 2 heteroatoms. The van der Waals surface area contributed by atoms with E-state index >= 15 is 0 Å². The number of ether oxygens (including phenoxy) is 1. The molecule has 1 nitrogen and oxygen atoms in total. The van der Waals surface area contributed by atoms with Crippen LogP contribution >= 0.6 is 0 Å². The van der Waals surface area contributed by atoms with E-state index in [0.29, 0.717) is 7.54 Å².